The van der Waals surface area contributed by atoms with Gasteiger partial charge in [-0.2, -0.15) is 0 Å². The van der Waals surface area contributed by atoms with E-state index in [1.807, 2.05) is 6.08 Å². The molecule has 0 radical (unpaired) electrons. The summed E-state index contributed by atoms with van der Waals surface area (Å²) in [6, 6.07) is 0. The van der Waals surface area contributed by atoms with Gasteiger partial charge in [0.1, 0.15) is 0 Å². The molecule has 144 valence electrons. The van der Waals surface area contributed by atoms with Gasteiger partial charge in [-0.15, -0.1) is 0 Å². The summed E-state index contributed by atoms with van der Waals surface area (Å²) in [5.74, 6) is 2.20. The van der Waals surface area contributed by atoms with Crippen LogP contribution in [0.5, 0.6) is 0 Å². The summed E-state index contributed by atoms with van der Waals surface area (Å²) >= 11 is 0. The Morgan fingerprint density at radius 1 is 1.12 bits per heavy atom. The molecule has 0 heterocycles. The minimum Gasteiger partial charge on any atom is -0.439 e. The molecule has 0 aliphatic heterocycles. The highest BCUT2D eigenvalue weighted by molar-refractivity contribution is 5.91. The Hall–Kier alpha value is -1.16. The predicted molar refractivity (Wildman–Crippen MR) is 98.2 cm³/mol. The minimum atomic E-state index is -0.278. The van der Waals surface area contributed by atoms with Gasteiger partial charge in [-0.25, -0.2) is 0 Å². The first-order chi connectivity index (χ1) is 12.3. The highest BCUT2D eigenvalue weighted by Crippen LogP contribution is 2.65. The lowest BCUT2D eigenvalue weighted by Crippen LogP contribution is -2.51. The Morgan fingerprint density at radius 3 is 2.69 bits per heavy atom. The van der Waals surface area contributed by atoms with Crippen LogP contribution in [0.1, 0.15) is 72.1 Å². The van der Waals surface area contributed by atoms with Crippen molar-refractivity contribution in [3.8, 4) is 0 Å². The third-order valence-corrected chi connectivity index (χ3v) is 8.41. The second kappa shape index (κ2) is 6.47. The van der Waals surface area contributed by atoms with Gasteiger partial charge in [-0.3, -0.25) is 9.59 Å². The van der Waals surface area contributed by atoms with E-state index in [4.69, 9.17) is 9.47 Å². The monoisotopic (exact) mass is 360 g/mol. The van der Waals surface area contributed by atoms with Crippen molar-refractivity contribution in [2.45, 2.75) is 78.2 Å². The molecule has 4 heteroatoms. The van der Waals surface area contributed by atoms with E-state index < -0.39 is 0 Å². The molecule has 0 amide bonds. The van der Waals surface area contributed by atoms with Crippen LogP contribution >= 0.6 is 0 Å². The molecule has 3 fully saturated rings. The average molecular weight is 360 g/mol. The van der Waals surface area contributed by atoms with Crippen LogP contribution in [0.25, 0.3) is 0 Å². The van der Waals surface area contributed by atoms with Gasteiger partial charge in [-0.1, -0.05) is 19.4 Å². The molecule has 4 rings (SSSR count). The molecule has 0 spiro atoms. The summed E-state index contributed by atoms with van der Waals surface area (Å²) in [4.78, 5) is 22.9. The van der Waals surface area contributed by atoms with Crippen molar-refractivity contribution in [3.63, 3.8) is 0 Å². The summed E-state index contributed by atoms with van der Waals surface area (Å²) in [6.45, 7) is 6.34. The van der Waals surface area contributed by atoms with Crippen molar-refractivity contribution in [1.29, 1.82) is 0 Å². The molecule has 4 aliphatic rings. The van der Waals surface area contributed by atoms with Gasteiger partial charge in [0.05, 0.1) is 6.10 Å². The van der Waals surface area contributed by atoms with Gasteiger partial charge >= 0.3 is 5.97 Å². The molecular formula is C22H32O4. The van der Waals surface area contributed by atoms with Crippen molar-refractivity contribution in [3.05, 3.63) is 11.6 Å². The van der Waals surface area contributed by atoms with Gasteiger partial charge in [0.15, 0.2) is 12.6 Å². The van der Waals surface area contributed by atoms with E-state index in [0.29, 0.717) is 17.6 Å². The van der Waals surface area contributed by atoms with Gasteiger partial charge in [0, 0.05) is 13.3 Å². The lowest BCUT2D eigenvalue weighted by atomic mass is 9.47. The first kappa shape index (κ1) is 18.2. The van der Waals surface area contributed by atoms with E-state index in [1.54, 1.807) is 0 Å². The Bertz CT molecular complexity index is 638. The standard InChI is InChI=1S/C22H32O4/c1-14(23)25-13-26-20-7-6-18-17-5-4-15-12-16(24)8-10-21(15,2)19(17)9-11-22(18,20)3/h12,17-20H,4-11,13H2,1-3H3/t17-,18-,19-,20?,21-,22-/m0/s1. The van der Waals surface area contributed by atoms with Crippen molar-refractivity contribution >= 4 is 11.8 Å². The van der Waals surface area contributed by atoms with E-state index in [1.165, 1.54) is 38.2 Å². The van der Waals surface area contributed by atoms with Crippen molar-refractivity contribution < 1.29 is 19.1 Å². The average Bonchev–Trinajstić information content (AvgIpc) is 2.92. The highest BCUT2D eigenvalue weighted by atomic mass is 16.7. The molecule has 0 aromatic rings. The second-order valence-electron chi connectivity index (χ2n) is 9.50. The van der Waals surface area contributed by atoms with Crippen LogP contribution < -0.4 is 0 Å². The molecule has 6 atom stereocenters. The summed E-state index contributed by atoms with van der Waals surface area (Å²) < 4.78 is 11.0. The lowest BCUT2D eigenvalue weighted by Gasteiger charge is -2.57. The third-order valence-electron chi connectivity index (χ3n) is 8.41. The minimum absolute atomic E-state index is 0.0864. The first-order valence-corrected chi connectivity index (χ1v) is 10.3. The summed E-state index contributed by atoms with van der Waals surface area (Å²) in [5.41, 5.74) is 1.86. The zero-order valence-electron chi connectivity index (χ0n) is 16.4. The Kier molecular flexibility index (Phi) is 4.53. The molecule has 0 aromatic heterocycles. The van der Waals surface area contributed by atoms with Crippen LogP contribution in [0.4, 0.5) is 0 Å². The zero-order chi connectivity index (χ0) is 18.5. The zero-order valence-corrected chi connectivity index (χ0v) is 16.4. The number of allylic oxidation sites excluding steroid dienone is 1. The lowest BCUT2D eigenvalue weighted by molar-refractivity contribution is -0.170. The Labute approximate surface area is 156 Å². The van der Waals surface area contributed by atoms with Gasteiger partial charge in [0.2, 0.25) is 0 Å². The van der Waals surface area contributed by atoms with E-state index in [2.05, 4.69) is 13.8 Å². The van der Waals surface area contributed by atoms with Crippen molar-refractivity contribution in [1.82, 2.24) is 0 Å². The van der Waals surface area contributed by atoms with Crippen LogP contribution in [0, 0.1) is 28.6 Å². The SMILES string of the molecule is CC(=O)OCOC1CC[C@H]2[C@@H]3CCC4=CC(=O)CC[C@]4(C)[C@H]3CC[C@]12C. The van der Waals surface area contributed by atoms with E-state index in [-0.39, 0.29) is 29.7 Å². The largest absolute Gasteiger partial charge is 0.439 e. The number of esters is 1. The summed E-state index contributed by atoms with van der Waals surface area (Å²) in [5, 5.41) is 0. The topological polar surface area (TPSA) is 52.6 Å². The molecule has 4 nitrogen and oxygen atoms in total. The summed E-state index contributed by atoms with van der Waals surface area (Å²) in [6.07, 6.45) is 10.9. The van der Waals surface area contributed by atoms with Crippen molar-refractivity contribution in [2.24, 2.45) is 28.6 Å². The number of hydrogen-bond acceptors (Lipinski definition) is 4. The smallest absolute Gasteiger partial charge is 0.304 e. The predicted octanol–water partition coefficient (Wildman–Crippen LogP) is 4.42. The number of carbonyl (C=O) groups excluding carboxylic acids is 2. The summed E-state index contributed by atoms with van der Waals surface area (Å²) in [7, 11) is 0. The molecule has 0 aromatic carbocycles. The fraction of sp³-hybridized carbons (Fsp3) is 0.818. The number of fused-ring (bicyclic) bond motifs is 5. The molecule has 0 bridgehead atoms. The van der Waals surface area contributed by atoms with Gasteiger partial charge < -0.3 is 9.47 Å². The molecule has 1 unspecified atom stereocenters. The number of hydrogen-bond donors (Lipinski definition) is 0. The maximum atomic E-state index is 11.9. The maximum Gasteiger partial charge on any atom is 0.304 e. The van der Waals surface area contributed by atoms with Crippen LogP contribution in [-0.2, 0) is 19.1 Å². The maximum absolute atomic E-state index is 11.9. The Morgan fingerprint density at radius 2 is 1.92 bits per heavy atom. The van der Waals surface area contributed by atoms with Crippen LogP contribution in [-0.4, -0.2) is 24.6 Å². The Balaban J connectivity index is 1.52. The fourth-order valence-corrected chi connectivity index (χ4v) is 6.98. The molecule has 0 saturated heterocycles. The molecule has 4 aliphatic carbocycles. The normalized spacial score (nSPS) is 44.6. The van der Waals surface area contributed by atoms with E-state index in [0.717, 1.165) is 31.6 Å². The molecule has 3 saturated carbocycles. The van der Waals surface area contributed by atoms with Gasteiger partial charge in [0.25, 0.3) is 0 Å². The number of ether oxygens (including phenoxy) is 2. The fourth-order valence-electron chi connectivity index (χ4n) is 6.98. The number of ketones is 1. The molecule has 0 N–H and O–H groups in total. The van der Waals surface area contributed by atoms with Crippen molar-refractivity contribution in [2.75, 3.05) is 6.79 Å². The highest BCUT2D eigenvalue weighted by Gasteiger charge is 2.59. The number of rotatable bonds is 3. The van der Waals surface area contributed by atoms with Crippen LogP contribution in [0.2, 0.25) is 0 Å². The molecular weight excluding hydrogens is 328 g/mol. The number of carbonyl (C=O) groups is 2. The van der Waals surface area contributed by atoms with Crippen LogP contribution in [0.15, 0.2) is 11.6 Å². The van der Waals surface area contributed by atoms with E-state index in [9.17, 15) is 9.59 Å². The second-order valence-corrected chi connectivity index (χ2v) is 9.50. The van der Waals surface area contributed by atoms with E-state index >= 15 is 0 Å². The molecule has 26 heavy (non-hydrogen) atoms. The third kappa shape index (κ3) is 2.76. The van der Waals surface area contributed by atoms with Gasteiger partial charge in [-0.05, 0) is 79.6 Å². The van der Waals surface area contributed by atoms with Crippen LogP contribution in [0.3, 0.4) is 0 Å². The quantitative estimate of drug-likeness (QED) is 0.552. The first-order valence-electron chi connectivity index (χ1n) is 10.3.